The van der Waals surface area contributed by atoms with E-state index >= 15 is 0 Å². The van der Waals surface area contributed by atoms with E-state index in [1.165, 1.54) is 0 Å². The van der Waals surface area contributed by atoms with E-state index in [0.29, 0.717) is 21.5 Å². The van der Waals surface area contributed by atoms with Crippen LogP contribution in [0.25, 0.3) is 0 Å². The van der Waals surface area contributed by atoms with Gasteiger partial charge in [-0.3, -0.25) is 0 Å². The summed E-state index contributed by atoms with van der Waals surface area (Å²) in [5, 5.41) is 8.34. The fourth-order valence-electron chi connectivity index (χ4n) is 4.10. The van der Waals surface area contributed by atoms with Gasteiger partial charge in [0.2, 0.25) is 6.23 Å². The summed E-state index contributed by atoms with van der Waals surface area (Å²) in [7, 11) is 3.24. The van der Waals surface area contributed by atoms with Crippen molar-refractivity contribution in [1.82, 2.24) is 5.01 Å². The molecule has 2 heterocycles. The summed E-state index contributed by atoms with van der Waals surface area (Å²) in [5.74, 6) is 2.11. The van der Waals surface area contributed by atoms with Crippen LogP contribution in [0.4, 0.5) is 0 Å². The Balaban J connectivity index is 1.60. The van der Waals surface area contributed by atoms with Crippen LogP contribution < -0.4 is 14.2 Å². The van der Waals surface area contributed by atoms with Crippen molar-refractivity contribution >= 4 is 28.9 Å². The number of halogens is 2. The Hall–Kier alpha value is -2.89. The second-order valence-corrected chi connectivity index (χ2v) is 8.29. The largest absolute Gasteiger partial charge is 0.493 e. The van der Waals surface area contributed by atoms with Crippen molar-refractivity contribution in [3.05, 3.63) is 87.4 Å². The van der Waals surface area contributed by atoms with Gasteiger partial charge < -0.3 is 14.2 Å². The molecule has 31 heavy (non-hydrogen) atoms. The molecule has 0 aromatic heterocycles. The van der Waals surface area contributed by atoms with Gasteiger partial charge in [-0.25, -0.2) is 5.01 Å². The van der Waals surface area contributed by atoms with Crippen LogP contribution in [0.15, 0.2) is 65.8 Å². The number of benzene rings is 3. The fraction of sp³-hybridized carbons (Fsp3) is 0.208. The predicted molar refractivity (Wildman–Crippen MR) is 122 cm³/mol. The zero-order valence-corrected chi connectivity index (χ0v) is 18.5. The molecule has 0 unspecified atom stereocenters. The first kappa shape index (κ1) is 20.0. The minimum Gasteiger partial charge on any atom is -0.493 e. The van der Waals surface area contributed by atoms with Gasteiger partial charge in [-0.05, 0) is 54.1 Å². The molecule has 3 aromatic rings. The van der Waals surface area contributed by atoms with Crippen molar-refractivity contribution in [3.63, 3.8) is 0 Å². The van der Waals surface area contributed by atoms with Crippen molar-refractivity contribution in [1.29, 1.82) is 0 Å². The number of rotatable bonds is 4. The first-order chi connectivity index (χ1) is 15.1. The Morgan fingerprint density at radius 1 is 0.903 bits per heavy atom. The molecule has 0 saturated heterocycles. The molecule has 0 amide bonds. The van der Waals surface area contributed by atoms with Crippen LogP contribution in [0.5, 0.6) is 17.2 Å². The van der Waals surface area contributed by atoms with E-state index in [4.69, 9.17) is 42.5 Å². The quantitative estimate of drug-likeness (QED) is 0.466. The van der Waals surface area contributed by atoms with Crippen LogP contribution in [0.2, 0.25) is 10.0 Å². The molecule has 2 aliphatic rings. The van der Waals surface area contributed by atoms with Gasteiger partial charge in [-0.1, -0.05) is 35.3 Å². The lowest BCUT2D eigenvalue weighted by Crippen LogP contribution is -2.33. The molecule has 2 atom stereocenters. The van der Waals surface area contributed by atoms with E-state index in [2.05, 4.69) is 0 Å². The summed E-state index contributed by atoms with van der Waals surface area (Å²) >= 11 is 12.4. The fourth-order valence-corrected chi connectivity index (χ4v) is 4.41. The smallest absolute Gasteiger partial charge is 0.214 e. The maximum absolute atomic E-state index is 6.41. The van der Waals surface area contributed by atoms with Crippen molar-refractivity contribution in [2.75, 3.05) is 14.2 Å². The monoisotopic (exact) mass is 454 g/mol. The van der Waals surface area contributed by atoms with Gasteiger partial charge in [0.25, 0.3) is 0 Å². The van der Waals surface area contributed by atoms with Crippen molar-refractivity contribution in [2.24, 2.45) is 5.10 Å². The molecule has 0 fully saturated rings. The lowest BCUT2D eigenvalue weighted by molar-refractivity contribution is -0.0191. The van der Waals surface area contributed by atoms with E-state index in [-0.39, 0.29) is 6.04 Å². The zero-order valence-electron chi connectivity index (χ0n) is 17.0. The topological polar surface area (TPSA) is 43.3 Å². The number of hydrazone groups is 1. The molecule has 0 saturated carbocycles. The lowest BCUT2D eigenvalue weighted by atomic mass is 9.96. The highest BCUT2D eigenvalue weighted by Crippen LogP contribution is 2.49. The number of hydrogen-bond donors (Lipinski definition) is 0. The van der Waals surface area contributed by atoms with Crippen molar-refractivity contribution < 1.29 is 14.2 Å². The third-order valence-corrected chi connectivity index (χ3v) is 6.11. The highest BCUT2D eigenvalue weighted by atomic mass is 35.5. The zero-order chi connectivity index (χ0) is 21.5. The third kappa shape index (κ3) is 3.58. The molecule has 0 radical (unpaired) electrons. The van der Waals surface area contributed by atoms with Gasteiger partial charge in [0, 0.05) is 27.6 Å². The molecule has 3 aromatic carbocycles. The van der Waals surface area contributed by atoms with Gasteiger partial charge in [0.15, 0.2) is 11.5 Å². The van der Waals surface area contributed by atoms with Crippen molar-refractivity contribution in [2.45, 2.75) is 18.7 Å². The Morgan fingerprint density at radius 3 is 2.39 bits per heavy atom. The Labute approximate surface area is 190 Å². The predicted octanol–water partition coefficient (Wildman–Crippen LogP) is 6.25. The van der Waals surface area contributed by atoms with Crippen LogP contribution in [-0.4, -0.2) is 24.9 Å². The maximum atomic E-state index is 6.41. The Morgan fingerprint density at radius 2 is 1.65 bits per heavy atom. The van der Waals surface area contributed by atoms with Crippen LogP contribution >= 0.6 is 23.2 Å². The van der Waals surface area contributed by atoms with E-state index in [1.807, 2.05) is 65.7 Å². The lowest BCUT2D eigenvalue weighted by Gasteiger charge is -2.38. The first-order valence-corrected chi connectivity index (χ1v) is 10.6. The standard InChI is InChI=1S/C24H20Cl2N2O3/c1-29-22-9-5-15(11-23(22)30-2)24-28-20(18-12-17(26)8-10-21(18)31-24)13-19(27-28)14-3-6-16(25)7-4-14/h3-12,20,24H,13H2,1-2H3/t20-,24-/m1/s1. The molecule has 0 spiro atoms. The maximum Gasteiger partial charge on any atom is 0.214 e. The average Bonchev–Trinajstić information content (AvgIpc) is 3.24. The summed E-state index contributed by atoms with van der Waals surface area (Å²) in [6, 6.07) is 19.2. The van der Waals surface area contributed by atoms with Crippen LogP contribution in [0.1, 0.15) is 35.4 Å². The minimum atomic E-state index is -0.414. The Kier molecular flexibility index (Phi) is 5.16. The number of hydrogen-bond acceptors (Lipinski definition) is 5. The van der Waals surface area contributed by atoms with E-state index < -0.39 is 6.23 Å². The van der Waals surface area contributed by atoms with E-state index in [1.54, 1.807) is 14.2 Å². The molecule has 2 aliphatic heterocycles. The summed E-state index contributed by atoms with van der Waals surface area (Å²) in [6.45, 7) is 0. The second-order valence-electron chi connectivity index (χ2n) is 7.42. The molecule has 158 valence electrons. The number of methoxy groups -OCH3 is 2. The van der Waals surface area contributed by atoms with Crippen molar-refractivity contribution in [3.8, 4) is 17.2 Å². The van der Waals surface area contributed by atoms with E-state index in [0.717, 1.165) is 34.6 Å². The molecule has 5 nitrogen and oxygen atoms in total. The summed E-state index contributed by atoms with van der Waals surface area (Å²) in [6.07, 6.45) is 0.325. The molecule has 0 bridgehead atoms. The van der Waals surface area contributed by atoms with Crippen LogP contribution in [0.3, 0.4) is 0 Å². The molecular formula is C24H20Cl2N2O3. The number of nitrogens with zero attached hydrogens (tertiary/aromatic N) is 2. The number of ether oxygens (including phenoxy) is 3. The normalized spacial score (nSPS) is 19.2. The molecular weight excluding hydrogens is 435 g/mol. The molecule has 5 rings (SSSR count). The van der Waals surface area contributed by atoms with Gasteiger partial charge >= 0.3 is 0 Å². The van der Waals surface area contributed by atoms with Gasteiger partial charge in [-0.15, -0.1) is 0 Å². The summed E-state index contributed by atoms with van der Waals surface area (Å²) < 4.78 is 17.3. The number of fused-ring (bicyclic) bond motifs is 3. The summed E-state index contributed by atoms with van der Waals surface area (Å²) in [4.78, 5) is 0. The highest BCUT2D eigenvalue weighted by Gasteiger charge is 2.41. The SMILES string of the molecule is COc1ccc([C@H]2Oc3ccc(Cl)cc3[C@H]3CC(c4ccc(Cl)cc4)=NN32)cc1OC. The highest BCUT2D eigenvalue weighted by molar-refractivity contribution is 6.31. The van der Waals surface area contributed by atoms with Gasteiger partial charge in [-0.2, -0.15) is 5.10 Å². The Bertz CT molecular complexity index is 1160. The van der Waals surface area contributed by atoms with Crippen LogP contribution in [-0.2, 0) is 0 Å². The van der Waals surface area contributed by atoms with E-state index in [9.17, 15) is 0 Å². The minimum absolute atomic E-state index is 0.00576. The second kappa shape index (κ2) is 7.98. The molecule has 0 N–H and O–H groups in total. The van der Waals surface area contributed by atoms with Crippen LogP contribution in [0, 0.1) is 0 Å². The van der Waals surface area contributed by atoms with Gasteiger partial charge in [0.05, 0.1) is 26.0 Å². The summed E-state index contributed by atoms with van der Waals surface area (Å²) in [5.41, 5.74) is 3.96. The third-order valence-electron chi connectivity index (χ3n) is 5.62. The molecule has 0 aliphatic carbocycles. The first-order valence-electron chi connectivity index (χ1n) is 9.87. The average molecular weight is 455 g/mol. The van der Waals surface area contributed by atoms with Gasteiger partial charge in [0.1, 0.15) is 5.75 Å². The molecule has 7 heteroatoms.